The lowest BCUT2D eigenvalue weighted by Crippen LogP contribution is -2.24. The highest BCUT2D eigenvalue weighted by Crippen LogP contribution is 2.25. The Morgan fingerprint density at radius 3 is 2.65 bits per heavy atom. The molecule has 1 heterocycles. The molecule has 0 unspecified atom stereocenters. The van der Waals surface area contributed by atoms with Gasteiger partial charge in [0.25, 0.3) is 5.91 Å². The summed E-state index contributed by atoms with van der Waals surface area (Å²) in [6, 6.07) is 8.49. The molecule has 0 saturated heterocycles. The number of benzene rings is 1. The Balaban J connectivity index is 1.98. The van der Waals surface area contributed by atoms with Gasteiger partial charge in [0, 0.05) is 11.4 Å². The topological polar surface area (TPSA) is 95.5 Å². The number of sulfonamides is 1. The molecule has 1 amide bonds. The van der Waals surface area contributed by atoms with Gasteiger partial charge in [-0.2, -0.15) is 0 Å². The minimum atomic E-state index is -3.21. The Kier molecular flexibility index (Phi) is 5.40. The molecule has 0 aliphatic heterocycles. The highest BCUT2D eigenvalue weighted by Gasteiger charge is 2.12. The van der Waals surface area contributed by atoms with Crippen LogP contribution in [0.5, 0.6) is 5.75 Å². The van der Waals surface area contributed by atoms with Crippen molar-refractivity contribution in [1.29, 1.82) is 0 Å². The van der Waals surface area contributed by atoms with Gasteiger partial charge in [-0.15, -0.1) is 11.3 Å². The summed E-state index contributed by atoms with van der Waals surface area (Å²) in [6.45, 7) is 2.14. The molecule has 0 aliphatic carbocycles. The standard InChI is InChI=1S/C15H18N2O4S2/c1-10-3-5-12(13(18)9-10)17-15(19)14-6-4-11(22-14)7-8-16-23(2,20)21/h3-6,9,16,18H,7-8H2,1-2H3,(H,17,19). The molecule has 0 aliphatic rings. The first-order valence-corrected chi connectivity index (χ1v) is 9.60. The molecule has 23 heavy (non-hydrogen) atoms. The van der Waals surface area contributed by atoms with Crippen molar-refractivity contribution in [2.24, 2.45) is 0 Å². The van der Waals surface area contributed by atoms with Crippen molar-refractivity contribution >= 4 is 33.0 Å². The molecular formula is C15H18N2O4S2. The number of hydrogen-bond acceptors (Lipinski definition) is 5. The van der Waals surface area contributed by atoms with E-state index in [1.54, 1.807) is 30.3 Å². The van der Waals surface area contributed by atoms with Gasteiger partial charge in [0.15, 0.2) is 0 Å². The average molecular weight is 354 g/mol. The number of anilines is 1. The normalized spacial score (nSPS) is 11.4. The fourth-order valence-electron chi connectivity index (χ4n) is 1.93. The maximum atomic E-state index is 12.2. The lowest BCUT2D eigenvalue weighted by atomic mass is 10.2. The van der Waals surface area contributed by atoms with Crippen LogP contribution < -0.4 is 10.0 Å². The molecule has 0 atom stereocenters. The van der Waals surface area contributed by atoms with Gasteiger partial charge in [-0.25, -0.2) is 13.1 Å². The van der Waals surface area contributed by atoms with Gasteiger partial charge < -0.3 is 10.4 Å². The van der Waals surface area contributed by atoms with Crippen LogP contribution in [0.3, 0.4) is 0 Å². The molecule has 0 radical (unpaired) electrons. The van der Waals surface area contributed by atoms with Crippen molar-refractivity contribution in [3.63, 3.8) is 0 Å². The lowest BCUT2D eigenvalue weighted by Gasteiger charge is -2.06. The van der Waals surface area contributed by atoms with Crippen molar-refractivity contribution in [2.75, 3.05) is 18.1 Å². The largest absolute Gasteiger partial charge is 0.506 e. The number of aromatic hydroxyl groups is 1. The van der Waals surface area contributed by atoms with Crippen LogP contribution >= 0.6 is 11.3 Å². The van der Waals surface area contributed by atoms with E-state index in [-0.39, 0.29) is 11.7 Å². The smallest absolute Gasteiger partial charge is 0.265 e. The molecule has 0 saturated carbocycles. The molecular weight excluding hydrogens is 336 g/mol. The van der Waals surface area contributed by atoms with Crippen LogP contribution in [0.1, 0.15) is 20.1 Å². The summed E-state index contributed by atoms with van der Waals surface area (Å²) in [7, 11) is -3.21. The predicted octanol–water partition coefficient (Wildman–Crippen LogP) is 2.11. The van der Waals surface area contributed by atoms with Crippen LogP contribution in [-0.2, 0) is 16.4 Å². The molecule has 124 valence electrons. The van der Waals surface area contributed by atoms with E-state index in [1.807, 2.05) is 6.92 Å². The minimum absolute atomic E-state index is 0.0208. The van der Waals surface area contributed by atoms with Gasteiger partial charge in [-0.3, -0.25) is 4.79 Å². The Morgan fingerprint density at radius 2 is 2.00 bits per heavy atom. The van der Waals surface area contributed by atoms with Crippen LogP contribution in [0, 0.1) is 6.92 Å². The summed E-state index contributed by atoms with van der Waals surface area (Å²) in [6.07, 6.45) is 1.62. The van der Waals surface area contributed by atoms with Crippen molar-refractivity contribution < 1.29 is 18.3 Å². The zero-order chi connectivity index (χ0) is 17.0. The van der Waals surface area contributed by atoms with Gasteiger partial charge in [-0.1, -0.05) is 6.07 Å². The summed E-state index contributed by atoms with van der Waals surface area (Å²) in [5.41, 5.74) is 1.26. The van der Waals surface area contributed by atoms with Gasteiger partial charge in [0.05, 0.1) is 16.8 Å². The summed E-state index contributed by atoms with van der Waals surface area (Å²) in [5.74, 6) is -0.288. The first kappa shape index (κ1) is 17.5. The van der Waals surface area contributed by atoms with E-state index in [4.69, 9.17) is 0 Å². The van der Waals surface area contributed by atoms with E-state index < -0.39 is 10.0 Å². The van der Waals surface area contributed by atoms with Crippen molar-refractivity contribution in [2.45, 2.75) is 13.3 Å². The fourth-order valence-corrected chi connectivity index (χ4v) is 3.30. The number of carbonyl (C=O) groups excluding carboxylic acids is 1. The minimum Gasteiger partial charge on any atom is -0.506 e. The second kappa shape index (κ2) is 7.12. The first-order chi connectivity index (χ1) is 10.7. The molecule has 2 rings (SSSR count). The Hall–Kier alpha value is -1.90. The number of phenolic OH excluding ortho intramolecular Hbond substituents is 1. The Morgan fingerprint density at radius 1 is 1.26 bits per heavy atom. The third-order valence-electron chi connectivity index (χ3n) is 3.02. The summed E-state index contributed by atoms with van der Waals surface area (Å²) in [4.78, 5) is 13.6. The van der Waals surface area contributed by atoms with Crippen molar-refractivity contribution in [3.05, 3.63) is 45.6 Å². The number of aryl methyl sites for hydroxylation is 1. The fraction of sp³-hybridized carbons (Fsp3) is 0.267. The third kappa shape index (κ3) is 5.34. The van der Waals surface area contributed by atoms with E-state index in [1.165, 1.54) is 11.3 Å². The van der Waals surface area contributed by atoms with Gasteiger partial charge in [0.1, 0.15) is 5.75 Å². The zero-order valence-corrected chi connectivity index (χ0v) is 14.4. The molecule has 1 aromatic carbocycles. The van der Waals surface area contributed by atoms with Crippen LogP contribution in [0.25, 0.3) is 0 Å². The molecule has 0 spiro atoms. The van der Waals surface area contributed by atoms with E-state index in [0.717, 1.165) is 16.7 Å². The van der Waals surface area contributed by atoms with Gasteiger partial charge in [-0.05, 0) is 43.2 Å². The summed E-state index contributed by atoms with van der Waals surface area (Å²) >= 11 is 1.29. The summed E-state index contributed by atoms with van der Waals surface area (Å²) in [5, 5.41) is 12.5. The molecule has 0 fully saturated rings. The predicted molar refractivity (Wildman–Crippen MR) is 91.7 cm³/mol. The third-order valence-corrected chi connectivity index (χ3v) is 4.89. The number of rotatable bonds is 6. The number of carbonyl (C=O) groups is 1. The quantitative estimate of drug-likeness (QED) is 0.692. The highest BCUT2D eigenvalue weighted by molar-refractivity contribution is 7.88. The monoisotopic (exact) mass is 354 g/mol. The molecule has 6 nitrogen and oxygen atoms in total. The Bertz CT molecular complexity index is 813. The van der Waals surface area contributed by atoms with Crippen LogP contribution in [-0.4, -0.2) is 32.2 Å². The van der Waals surface area contributed by atoms with Crippen LogP contribution in [0.4, 0.5) is 5.69 Å². The maximum absolute atomic E-state index is 12.2. The second-order valence-corrected chi connectivity index (χ2v) is 8.16. The Labute approximate surface area is 139 Å². The van der Waals surface area contributed by atoms with E-state index in [9.17, 15) is 18.3 Å². The molecule has 2 aromatic rings. The van der Waals surface area contributed by atoms with Crippen LogP contribution in [0.15, 0.2) is 30.3 Å². The SMILES string of the molecule is Cc1ccc(NC(=O)c2ccc(CCNS(C)(=O)=O)s2)c(O)c1. The zero-order valence-electron chi connectivity index (χ0n) is 12.8. The second-order valence-electron chi connectivity index (χ2n) is 5.16. The van der Waals surface area contributed by atoms with E-state index in [0.29, 0.717) is 23.5 Å². The maximum Gasteiger partial charge on any atom is 0.265 e. The molecule has 1 aromatic heterocycles. The molecule has 3 N–H and O–H groups in total. The van der Waals surface area contributed by atoms with Gasteiger partial charge in [0.2, 0.25) is 10.0 Å². The van der Waals surface area contributed by atoms with E-state index in [2.05, 4.69) is 10.0 Å². The van der Waals surface area contributed by atoms with Crippen LogP contribution in [0.2, 0.25) is 0 Å². The number of amides is 1. The van der Waals surface area contributed by atoms with Crippen molar-refractivity contribution in [1.82, 2.24) is 4.72 Å². The van der Waals surface area contributed by atoms with Crippen molar-refractivity contribution in [3.8, 4) is 5.75 Å². The number of phenols is 1. The molecule has 0 bridgehead atoms. The summed E-state index contributed by atoms with van der Waals surface area (Å²) < 4.78 is 24.4. The van der Waals surface area contributed by atoms with E-state index >= 15 is 0 Å². The molecule has 8 heteroatoms. The number of hydrogen-bond donors (Lipinski definition) is 3. The van der Waals surface area contributed by atoms with Gasteiger partial charge >= 0.3 is 0 Å². The first-order valence-electron chi connectivity index (χ1n) is 6.89. The average Bonchev–Trinajstić information content (AvgIpc) is 2.89. The number of thiophene rings is 1. The lowest BCUT2D eigenvalue weighted by molar-refractivity contribution is 0.103. The number of nitrogens with one attached hydrogen (secondary N) is 2. The highest BCUT2D eigenvalue weighted by atomic mass is 32.2.